The van der Waals surface area contributed by atoms with Gasteiger partial charge in [-0.1, -0.05) is 6.07 Å². The van der Waals surface area contributed by atoms with Gasteiger partial charge in [-0.15, -0.1) is 0 Å². The van der Waals surface area contributed by atoms with E-state index in [2.05, 4.69) is 4.98 Å². The summed E-state index contributed by atoms with van der Waals surface area (Å²) in [6.07, 6.45) is 1.79. The van der Waals surface area contributed by atoms with Crippen LogP contribution in [0.2, 0.25) is 0 Å². The zero-order chi connectivity index (χ0) is 16.4. The molecule has 0 fully saturated rings. The minimum absolute atomic E-state index is 0.245. The van der Waals surface area contributed by atoms with E-state index in [1.807, 2.05) is 77.9 Å². The van der Waals surface area contributed by atoms with Crippen molar-refractivity contribution >= 4 is 0 Å². The number of benzene rings is 1. The summed E-state index contributed by atoms with van der Waals surface area (Å²) in [4.78, 5) is 4.42. The molecule has 22 heavy (non-hydrogen) atoms. The highest BCUT2D eigenvalue weighted by molar-refractivity contribution is 5.68. The fourth-order valence-corrected chi connectivity index (χ4v) is 2.07. The third-order valence-corrected chi connectivity index (χ3v) is 2.73. The van der Waals surface area contributed by atoms with E-state index in [1.165, 1.54) is 0 Å². The first-order valence-electron chi connectivity index (χ1n) is 7.58. The van der Waals surface area contributed by atoms with E-state index in [1.54, 1.807) is 6.20 Å². The van der Waals surface area contributed by atoms with E-state index in [-0.39, 0.29) is 11.2 Å². The van der Waals surface area contributed by atoms with Gasteiger partial charge in [-0.25, -0.2) is 0 Å². The Bertz CT molecular complexity index is 622. The van der Waals surface area contributed by atoms with Crippen molar-refractivity contribution < 1.29 is 9.47 Å². The number of hydrogen-bond acceptors (Lipinski definition) is 3. The first kappa shape index (κ1) is 16.3. The summed E-state index contributed by atoms with van der Waals surface area (Å²) in [5.41, 5.74) is 1.33. The van der Waals surface area contributed by atoms with Crippen LogP contribution >= 0.6 is 0 Å². The summed E-state index contributed by atoms with van der Waals surface area (Å²) >= 11 is 0. The standard InChI is InChI=1S/C19H25NO2/c1-18(2,3)21-14-10-11-15(16-9-7-8-12-20-16)17(13-14)22-19(4,5)6/h7-13H,1-6H3. The largest absolute Gasteiger partial charge is 0.488 e. The summed E-state index contributed by atoms with van der Waals surface area (Å²) in [5, 5.41) is 0. The predicted octanol–water partition coefficient (Wildman–Crippen LogP) is 5.10. The van der Waals surface area contributed by atoms with Gasteiger partial charge in [0.1, 0.15) is 22.7 Å². The smallest absolute Gasteiger partial charge is 0.133 e. The highest BCUT2D eigenvalue weighted by atomic mass is 16.5. The number of hydrogen-bond donors (Lipinski definition) is 0. The Labute approximate surface area is 133 Å². The SMILES string of the molecule is CC(C)(C)Oc1ccc(-c2ccccn2)c(OC(C)(C)C)c1. The lowest BCUT2D eigenvalue weighted by atomic mass is 10.1. The molecule has 0 N–H and O–H groups in total. The van der Waals surface area contributed by atoms with E-state index >= 15 is 0 Å². The van der Waals surface area contributed by atoms with Crippen molar-refractivity contribution in [3.63, 3.8) is 0 Å². The summed E-state index contributed by atoms with van der Waals surface area (Å²) in [6.45, 7) is 12.2. The highest BCUT2D eigenvalue weighted by Gasteiger charge is 2.19. The molecule has 0 saturated carbocycles. The fourth-order valence-electron chi connectivity index (χ4n) is 2.07. The van der Waals surface area contributed by atoms with Gasteiger partial charge < -0.3 is 9.47 Å². The zero-order valence-corrected chi connectivity index (χ0v) is 14.3. The number of nitrogens with zero attached hydrogens (tertiary/aromatic N) is 1. The van der Waals surface area contributed by atoms with Crippen LogP contribution in [0.25, 0.3) is 11.3 Å². The molecule has 0 saturated heterocycles. The Morgan fingerprint density at radius 2 is 1.50 bits per heavy atom. The van der Waals surface area contributed by atoms with Gasteiger partial charge in [0.25, 0.3) is 0 Å². The Kier molecular flexibility index (Phi) is 4.45. The maximum Gasteiger partial charge on any atom is 0.133 e. The van der Waals surface area contributed by atoms with Crippen LogP contribution in [0.15, 0.2) is 42.6 Å². The Morgan fingerprint density at radius 1 is 0.818 bits per heavy atom. The molecule has 0 aliphatic rings. The summed E-state index contributed by atoms with van der Waals surface area (Å²) in [6, 6.07) is 11.8. The van der Waals surface area contributed by atoms with E-state index in [0.29, 0.717) is 0 Å². The van der Waals surface area contributed by atoms with E-state index < -0.39 is 0 Å². The maximum absolute atomic E-state index is 6.12. The first-order valence-corrected chi connectivity index (χ1v) is 7.58. The second-order valence-electron chi connectivity index (χ2n) is 7.30. The molecule has 118 valence electrons. The van der Waals surface area contributed by atoms with E-state index in [9.17, 15) is 0 Å². The summed E-state index contributed by atoms with van der Waals surface area (Å²) < 4.78 is 12.1. The third kappa shape index (κ3) is 4.76. The molecule has 0 radical (unpaired) electrons. The predicted molar refractivity (Wildman–Crippen MR) is 90.4 cm³/mol. The Hall–Kier alpha value is -2.03. The van der Waals surface area contributed by atoms with Crippen LogP contribution in [0.3, 0.4) is 0 Å². The van der Waals surface area contributed by atoms with Gasteiger partial charge in [0.2, 0.25) is 0 Å². The van der Waals surface area contributed by atoms with Crippen LogP contribution in [0.4, 0.5) is 0 Å². The van der Waals surface area contributed by atoms with Crippen molar-refractivity contribution in [2.24, 2.45) is 0 Å². The van der Waals surface area contributed by atoms with Gasteiger partial charge >= 0.3 is 0 Å². The van der Waals surface area contributed by atoms with Gasteiger partial charge in [-0.2, -0.15) is 0 Å². The van der Waals surface area contributed by atoms with Crippen molar-refractivity contribution in [1.82, 2.24) is 4.98 Å². The molecule has 2 aromatic rings. The molecule has 1 heterocycles. The molecule has 0 bridgehead atoms. The molecule has 2 rings (SSSR count). The van der Waals surface area contributed by atoms with Crippen molar-refractivity contribution in [2.45, 2.75) is 52.7 Å². The molecule has 0 spiro atoms. The fraction of sp³-hybridized carbons (Fsp3) is 0.421. The average Bonchev–Trinajstić information content (AvgIpc) is 2.36. The minimum atomic E-state index is -0.288. The summed E-state index contributed by atoms with van der Waals surface area (Å²) in [5.74, 6) is 1.58. The molecule has 0 aliphatic carbocycles. The summed E-state index contributed by atoms with van der Waals surface area (Å²) in [7, 11) is 0. The van der Waals surface area contributed by atoms with Crippen LogP contribution in [-0.2, 0) is 0 Å². The lowest BCUT2D eigenvalue weighted by Gasteiger charge is -2.25. The van der Waals surface area contributed by atoms with Crippen molar-refractivity contribution in [2.75, 3.05) is 0 Å². The zero-order valence-electron chi connectivity index (χ0n) is 14.3. The normalized spacial score (nSPS) is 12.1. The van der Waals surface area contributed by atoms with Crippen LogP contribution in [0, 0.1) is 0 Å². The second kappa shape index (κ2) is 5.99. The Morgan fingerprint density at radius 3 is 2.05 bits per heavy atom. The number of pyridine rings is 1. The lowest BCUT2D eigenvalue weighted by molar-refractivity contribution is 0.121. The van der Waals surface area contributed by atoms with Crippen molar-refractivity contribution in [3.05, 3.63) is 42.6 Å². The molecule has 3 heteroatoms. The number of rotatable bonds is 3. The quantitative estimate of drug-likeness (QED) is 0.789. The molecular weight excluding hydrogens is 274 g/mol. The highest BCUT2D eigenvalue weighted by Crippen LogP contribution is 2.35. The van der Waals surface area contributed by atoms with Crippen molar-refractivity contribution in [3.8, 4) is 22.8 Å². The van der Waals surface area contributed by atoms with Crippen LogP contribution in [0.1, 0.15) is 41.5 Å². The molecule has 0 atom stereocenters. The van der Waals surface area contributed by atoms with E-state index in [4.69, 9.17) is 9.47 Å². The molecule has 0 amide bonds. The third-order valence-electron chi connectivity index (χ3n) is 2.73. The number of ether oxygens (including phenoxy) is 2. The molecule has 0 unspecified atom stereocenters. The first-order chi connectivity index (χ1) is 10.1. The monoisotopic (exact) mass is 299 g/mol. The van der Waals surface area contributed by atoms with Crippen LogP contribution < -0.4 is 9.47 Å². The topological polar surface area (TPSA) is 31.4 Å². The van der Waals surface area contributed by atoms with Gasteiger partial charge in [0.05, 0.1) is 5.69 Å². The second-order valence-corrected chi connectivity index (χ2v) is 7.30. The number of aromatic nitrogens is 1. The lowest BCUT2D eigenvalue weighted by Crippen LogP contribution is -2.24. The van der Waals surface area contributed by atoms with Gasteiger partial charge in [0, 0.05) is 17.8 Å². The van der Waals surface area contributed by atoms with Crippen LogP contribution in [-0.4, -0.2) is 16.2 Å². The molecule has 0 aliphatic heterocycles. The minimum Gasteiger partial charge on any atom is -0.488 e. The van der Waals surface area contributed by atoms with Gasteiger partial charge in [-0.3, -0.25) is 4.98 Å². The maximum atomic E-state index is 6.12. The van der Waals surface area contributed by atoms with E-state index in [0.717, 1.165) is 22.8 Å². The van der Waals surface area contributed by atoms with Crippen LogP contribution in [0.5, 0.6) is 11.5 Å². The average molecular weight is 299 g/mol. The molecule has 3 nitrogen and oxygen atoms in total. The molecule has 1 aromatic heterocycles. The molecular formula is C19H25NO2. The Balaban J connectivity index is 2.45. The van der Waals surface area contributed by atoms with Gasteiger partial charge in [0.15, 0.2) is 0 Å². The molecule has 1 aromatic carbocycles. The van der Waals surface area contributed by atoms with Gasteiger partial charge in [-0.05, 0) is 65.8 Å². The van der Waals surface area contributed by atoms with Crippen molar-refractivity contribution in [1.29, 1.82) is 0 Å².